The van der Waals surface area contributed by atoms with Crippen LogP contribution in [0.5, 0.6) is 0 Å². The number of unbranched alkanes of at least 4 members (excludes halogenated alkanes) is 1. The van der Waals surface area contributed by atoms with Crippen LogP contribution in [0.25, 0.3) is 0 Å². The Labute approximate surface area is 136 Å². The number of carbonyl (C=O) groups is 3. The molecule has 0 bridgehead atoms. The van der Waals surface area contributed by atoms with Crippen molar-refractivity contribution < 1.29 is 14.4 Å². The summed E-state index contributed by atoms with van der Waals surface area (Å²) in [5.41, 5.74) is 0. The first kappa shape index (κ1) is 25.7. The third kappa shape index (κ3) is 12.5. The lowest BCUT2D eigenvalue weighted by atomic mass is 10.1. The predicted molar refractivity (Wildman–Crippen MR) is 92.7 cm³/mol. The second-order valence-corrected chi connectivity index (χ2v) is 4.40. The van der Waals surface area contributed by atoms with Crippen molar-refractivity contribution in [1.82, 2.24) is 10.2 Å². The second kappa shape index (κ2) is 19.8. The highest BCUT2D eigenvalue weighted by Crippen LogP contribution is 2.18. The molecule has 0 spiro atoms. The van der Waals surface area contributed by atoms with Crippen LogP contribution in [-0.2, 0) is 14.4 Å². The molecule has 0 aromatic carbocycles. The van der Waals surface area contributed by atoms with Crippen LogP contribution in [-0.4, -0.2) is 43.1 Å². The maximum absolute atomic E-state index is 11.2. The average molecular weight is 316 g/mol. The van der Waals surface area contributed by atoms with Crippen LogP contribution < -0.4 is 5.32 Å². The summed E-state index contributed by atoms with van der Waals surface area (Å²) in [4.78, 5) is 33.5. The summed E-state index contributed by atoms with van der Waals surface area (Å²) in [6.07, 6.45) is 3.84. The summed E-state index contributed by atoms with van der Waals surface area (Å²) < 4.78 is 0. The zero-order valence-electron chi connectivity index (χ0n) is 15.6. The SMILES string of the molecule is CC.CC.CC1CC(=O)N(CCC=O)C1=O.CCCCNC. The van der Waals surface area contributed by atoms with Crippen LogP contribution in [0, 0.1) is 5.92 Å². The van der Waals surface area contributed by atoms with Crippen LogP contribution in [0.3, 0.4) is 0 Å². The van der Waals surface area contributed by atoms with Gasteiger partial charge >= 0.3 is 0 Å². The zero-order chi connectivity index (χ0) is 18.0. The average Bonchev–Trinajstić information content (AvgIpc) is 2.80. The third-order valence-corrected chi connectivity index (χ3v) is 2.72. The second-order valence-electron chi connectivity index (χ2n) is 4.40. The summed E-state index contributed by atoms with van der Waals surface area (Å²) in [5, 5.41) is 3.07. The van der Waals surface area contributed by atoms with Gasteiger partial charge in [-0.1, -0.05) is 48.0 Å². The number of nitrogens with zero attached hydrogens (tertiary/aromatic N) is 1. The lowest BCUT2D eigenvalue weighted by molar-refractivity contribution is -0.139. The van der Waals surface area contributed by atoms with Crippen LogP contribution in [0.1, 0.15) is 67.2 Å². The molecule has 0 radical (unpaired) electrons. The molecule has 132 valence electrons. The Morgan fingerprint density at radius 3 is 2.05 bits per heavy atom. The van der Waals surface area contributed by atoms with E-state index in [-0.39, 0.29) is 37.1 Å². The van der Waals surface area contributed by atoms with Crippen LogP contribution in [0.2, 0.25) is 0 Å². The number of nitrogens with one attached hydrogen (secondary N) is 1. The van der Waals surface area contributed by atoms with Crippen LogP contribution in [0.4, 0.5) is 0 Å². The number of amides is 2. The predicted octanol–water partition coefficient (Wildman–Crippen LogP) is 3.03. The monoisotopic (exact) mass is 316 g/mol. The van der Waals surface area contributed by atoms with Crippen molar-refractivity contribution in [2.75, 3.05) is 20.1 Å². The molecule has 1 N–H and O–H groups in total. The van der Waals surface area contributed by atoms with Gasteiger partial charge in [0.1, 0.15) is 6.29 Å². The van der Waals surface area contributed by atoms with E-state index in [1.807, 2.05) is 34.7 Å². The fourth-order valence-electron chi connectivity index (χ4n) is 1.62. The molecule has 1 rings (SSSR count). The standard InChI is InChI=1S/C8H11NO3.C5H13N.2C2H6/c1-6-5-7(11)9(8(6)12)3-2-4-10;1-3-4-5-6-2;2*1-2/h4,6H,2-3,5H2,1H3;6H,3-5H2,1-2H3;2*1-2H3. The topological polar surface area (TPSA) is 66.5 Å². The van der Waals surface area contributed by atoms with Gasteiger partial charge in [-0.2, -0.15) is 0 Å². The Kier molecular flexibility index (Phi) is 23.1. The molecule has 5 nitrogen and oxygen atoms in total. The minimum Gasteiger partial charge on any atom is -0.320 e. The summed E-state index contributed by atoms with van der Waals surface area (Å²) >= 11 is 0. The Hall–Kier alpha value is -1.23. The molecule has 1 aliphatic rings. The molecule has 5 heteroatoms. The van der Waals surface area contributed by atoms with Gasteiger partial charge < -0.3 is 10.1 Å². The summed E-state index contributed by atoms with van der Waals surface area (Å²) in [6, 6.07) is 0. The number of hydrogen-bond donors (Lipinski definition) is 1. The maximum atomic E-state index is 11.2. The highest BCUT2D eigenvalue weighted by molar-refractivity contribution is 6.03. The van der Waals surface area contributed by atoms with Gasteiger partial charge in [0.15, 0.2) is 0 Å². The van der Waals surface area contributed by atoms with E-state index in [0.717, 1.165) is 6.54 Å². The number of likely N-dealkylation sites (tertiary alicyclic amines) is 1. The Bertz CT molecular complexity index is 277. The molecule has 0 saturated carbocycles. The number of aldehydes is 1. The van der Waals surface area contributed by atoms with E-state index in [1.165, 1.54) is 17.7 Å². The van der Waals surface area contributed by atoms with Crippen molar-refractivity contribution in [2.45, 2.75) is 67.2 Å². The van der Waals surface area contributed by atoms with E-state index in [0.29, 0.717) is 6.29 Å². The molecule has 0 aromatic heterocycles. The first-order valence-electron chi connectivity index (χ1n) is 8.50. The number of hydrogen-bond acceptors (Lipinski definition) is 4. The number of carbonyl (C=O) groups excluding carboxylic acids is 3. The number of rotatable bonds is 6. The van der Waals surface area contributed by atoms with Gasteiger partial charge in [-0.05, 0) is 20.0 Å². The molecule has 1 fully saturated rings. The third-order valence-electron chi connectivity index (χ3n) is 2.72. The van der Waals surface area contributed by atoms with Crippen LogP contribution in [0.15, 0.2) is 0 Å². The van der Waals surface area contributed by atoms with Crippen molar-refractivity contribution in [2.24, 2.45) is 5.92 Å². The highest BCUT2D eigenvalue weighted by Gasteiger charge is 2.34. The minimum absolute atomic E-state index is 0.151. The van der Waals surface area contributed by atoms with E-state index in [1.54, 1.807) is 6.92 Å². The lowest BCUT2D eigenvalue weighted by Crippen LogP contribution is -2.31. The molecule has 1 unspecified atom stereocenters. The Morgan fingerprint density at radius 1 is 1.23 bits per heavy atom. The molecule has 1 heterocycles. The highest BCUT2D eigenvalue weighted by atomic mass is 16.2. The lowest BCUT2D eigenvalue weighted by Gasteiger charge is -2.11. The molecule has 2 amide bonds. The van der Waals surface area contributed by atoms with E-state index in [2.05, 4.69) is 12.2 Å². The fraction of sp³-hybridized carbons (Fsp3) is 0.824. The smallest absolute Gasteiger partial charge is 0.232 e. The van der Waals surface area contributed by atoms with Gasteiger partial charge in [0, 0.05) is 25.3 Å². The summed E-state index contributed by atoms with van der Waals surface area (Å²) in [5.74, 6) is -0.514. The molecular weight excluding hydrogens is 280 g/mol. The quantitative estimate of drug-likeness (QED) is 0.465. The molecule has 1 atom stereocenters. The van der Waals surface area contributed by atoms with Gasteiger partial charge in [-0.25, -0.2) is 0 Å². The largest absolute Gasteiger partial charge is 0.320 e. The number of imide groups is 1. The minimum atomic E-state index is -0.204. The van der Waals surface area contributed by atoms with Gasteiger partial charge in [0.05, 0.1) is 0 Å². The fourth-order valence-corrected chi connectivity index (χ4v) is 1.62. The van der Waals surface area contributed by atoms with Gasteiger partial charge in [0.25, 0.3) is 0 Å². The van der Waals surface area contributed by atoms with E-state index >= 15 is 0 Å². The van der Waals surface area contributed by atoms with Gasteiger partial charge in [0.2, 0.25) is 11.8 Å². The molecule has 0 aliphatic carbocycles. The van der Waals surface area contributed by atoms with E-state index in [4.69, 9.17) is 0 Å². The summed E-state index contributed by atoms with van der Waals surface area (Å²) in [6.45, 7) is 13.3. The zero-order valence-corrected chi connectivity index (χ0v) is 15.6. The van der Waals surface area contributed by atoms with Crippen molar-refractivity contribution in [1.29, 1.82) is 0 Å². The summed E-state index contributed by atoms with van der Waals surface area (Å²) in [7, 11) is 1.98. The molecule has 1 aliphatic heterocycles. The van der Waals surface area contributed by atoms with Crippen molar-refractivity contribution in [3.05, 3.63) is 0 Å². The van der Waals surface area contributed by atoms with Gasteiger partial charge in [-0.3, -0.25) is 14.5 Å². The molecule has 1 saturated heterocycles. The first-order chi connectivity index (χ1) is 10.6. The Balaban J connectivity index is -0.000000306. The van der Waals surface area contributed by atoms with Crippen molar-refractivity contribution in [3.8, 4) is 0 Å². The van der Waals surface area contributed by atoms with Crippen molar-refractivity contribution >= 4 is 18.1 Å². The van der Waals surface area contributed by atoms with E-state index < -0.39 is 0 Å². The van der Waals surface area contributed by atoms with Gasteiger partial charge in [-0.15, -0.1) is 0 Å². The van der Waals surface area contributed by atoms with Crippen LogP contribution >= 0.6 is 0 Å². The molecule has 0 aromatic rings. The first-order valence-corrected chi connectivity index (χ1v) is 8.50. The molecular formula is C17H36N2O3. The van der Waals surface area contributed by atoms with E-state index in [9.17, 15) is 14.4 Å². The maximum Gasteiger partial charge on any atom is 0.232 e. The molecule has 22 heavy (non-hydrogen) atoms. The normalized spacial score (nSPS) is 15.8. The Morgan fingerprint density at radius 2 is 1.77 bits per heavy atom. The van der Waals surface area contributed by atoms with Crippen molar-refractivity contribution in [3.63, 3.8) is 0 Å².